The van der Waals surface area contributed by atoms with Crippen molar-refractivity contribution >= 4 is 5.91 Å². The maximum absolute atomic E-state index is 12.0. The highest BCUT2D eigenvalue weighted by Crippen LogP contribution is 2.11. The van der Waals surface area contributed by atoms with Crippen LogP contribution in [0.3, 0.4) is 0 Å². The van der Waals surface area contributed by atoms with Gasteiger partial charge in [0.15, 0.2) is 0 Å². The first-order chi connectivity index (χ1) is 8.65. The summed E-state index contributed by atoms with van der Waals surface area (Å²) in [6.45, 7) is 6.22. The minimum absolute atomic E-state index is 0.130. The van der Waals surface area contributed by atoms with Gasteiger partial charge >= 0.3 is 0 Å². The van der Waals surface area contributed by atoms with Crippen LogP contribution in [-0.4, -0.2) is 25.0 Å². The van der Waals surface area contributed by atoms with Crippen molar-refractivity contribution in [1.82, 2.24) is 10.6 Å². The van der Waals surface area contributed by atoms with Gasteiger partial charge in [-0.15, -0.1) is 0 Å². The molecular formula is C15H22N2O. The predicted molar refractivity (Wildman–Crippen MR) is 73.5 cm³/mol. The second-order valence-corrected chi connectivity index (χ2v) is 5.37. The number of carbonyl (C=O) groups is 1. The Morgan fingerprint density at radius 1 is 1.39 bits per heavy atom. The Bertz CT molecular complexity index is 417. The van der Waals surface area contributed by atoms with Crippen molar-refractivity contribution in [3.63, 3.8) is 0 Å². The van der Waals surface area contributed by atoms with Gasteiger partial charge in [-0.05, 0) is 36.9 Å². The van der Waals surface area contributed by atoms with E-state index in [1.54, 1.807) is 0 Å². The molecule has 18 heavy (non-hydrogen) atoms. The van der Waals surface area contributed by atoms with Crippen LogP contribution < -0.4 is 10.6 Å². The van der Waals surface area contributed by atoms with Gasteiger partial charge in [-0.1, -0.05) is 31.2 Å². The third-order valence-electron chi connectivity index (χ3n) is 3.55. The second kappa shape index (κ2) is 6.01. The number of hydrogen-bond donors (Lipinski definition) is 2. The molecular weight excluding hydrogens is 224 g/mol. The monoisotopic (exact) mass is 246 g/mol. The molecule has 0 saturated carbocycles. The van der Waals surface area contributed by atoms with E-state index in [1.165, 1.54) is 5.56 Å². The van der Waals surface area contributed by atoms with Gasteiger partial charge in [0, 0.05) is 12.6 Å². The molecule has 1 aromatic rings. The first kappa shape index (κ1) is 13.1. The molecule has 0 aromatic heterocycles. The Morgan fingerprint density at radius 2 is 2.17 bits per heavy atom. The smallest absolute Gasteiger partial charge is 0.224 e. The summed E-state index contributed by atoms with van der Waals surface area (Å²) in [5.41, 5.74) is 2.30. The van der Waals surface area contributed by atoms with Crippen LogP contribution in [0.2, 0.25) is 0 Å². The zero-order valence-electron chi connectivity index (χ0n) is 11.2. The van der Waals surface area contributed by atoms with Gasteiger partial charge in [0.2, 0.25) is 5.91 Å². The highest BCUT2D eigenvalue weighted by atomic mass is 16.1. The number of hydrogen-bond acceptors (Lipinski definition) is 2. The number of nitrogens with one attached hydrogen (secondary N) is 2. The van der Waals surface area contributed by atoms with Crippen LogP contribution in [0.5, 0.6) is 0 Å². The molecule has 2 rings (SSSR count). The van der Waals surface area contributed by atoms with Gasteiger partial charge in [0.25, 0.3) is 0 Å². The summed E-state index contributed by atoms with van der Waals surface area (Å²) in [6.07, 6.45) is 1.56. The third kappa shape index (κ3) is 3.57. The highest BCUT2D eigenvalue weighted by molar-refractivity contribution is 5.79. The number of rotatable bonds is 3. The first-order valence-electron chi connectivity index (χ1n) is 6.69. The van der Waals surface area contributed by atoms with Gasteiger partial charge in [-0.3, -0.25) is 4.79 Å². The molecule has 1 heterocycles. The van der Waals surface area contributed by atoms with Crippen LogP contribution in [0.4, 0.5) is 0 Å². The standard InChI is InChI=1S/C15H22N2O/c1-11-7-14(10-16-9-11)17-15(18)8-13-6-4-3-5-12(13)2/h3-6,11,14,16H,7-10H2,1-2H3,(H,17,18). The number of aryl methyl sites for hydroxylation is 1. The Morgan fingerprint density at radius 3 is 2.89 bits per heavy atom. The van der Waals surface area contributed by atoms with E-state index < -0.39 is 0 Å². The van der Waals surface area contributed by atoms with Crippen LogP contribution in [0.1, 0.15) is 24.5 Å². The number of piperidine rings is 1. The van der Waals surface area contributed by atoms with Crippen molar-refractivity contribution in [2.45, 2.75) is 32.7 Å². The fourth-order valence-electron chi connectivity index (χ4n) is 2.53. The normalized spacial score (nSPS) is 23.7. The molecule has 3 nitrogen and oxygen atoms in total. The summed E-state index contributed by atoms with van der Waals surface area (Å²) in [4.78, 5) is 12.0. The third-order valence-corrected chi connectivity index (χ3v) is 3.55. The Balaban J connectivity index is 1.87. The molecule has 0 bridgehead atoms. The molecule has 0 spiro atoms. The second-order valence-electron chi connectivity index (χ2n) is 5.37. The number of carbonyl (C=O) groups excluding carboxylic acids is 1. The van der Waals surface area contributed by atoms with E-state index in [4.69, 9.17) is 0 Å². The van der Waals surface area contributed by atoms with Crippen LogP contribution in [0.15, 0.2) is 24.3 Å². The fraction of sp³-hybridized carbons (Fsp3) is 0.533. The molecule has 2 unspecified atom stereocenters. The summed E-state index contributed by atoms with van der Waals surface area (Å²) in [5, 5.41) is 6.47. The zero-order valence-corrected chi connectivity index (χ0v) is 11.2. The molecule has 1 saturated heterocycles. The molecule has 0 radical (unpaired) electrons. The molecule has 1 fully saturated rings. The lowest BCUT2D eigenvalue weighted by molar-refractivity contribution is -0.121. The maximum Gasteiger partial charge on any atom is 0.224 e. The fourth-order valence-corrected chi connectivity index (χ4v) is 2.53. The summed E-state index contributed by atoms with van der Waals surface area (Å²) < 4.78 is 0. The Labute approximate surface area is 109 Å². The number of benzene rings is 1. The molecule has 1 aromatic carbocycles. The van der Waals surface area contributed by atoms with Crippen molar-refractivity contribution in [3.05, 3.63) is 35.4 Å². The van der Waals surface area contributed by atoms with E-state index in [1.807, 2.05) is 31.2 Å². The average Bonchev–Trinajstić information content (AvgIpc) is 2.32. The molecule has 3 heteroatoms. The van der Waals surface area contributed by atoms with Gasteiger partial charge in [-0.25, -0.2) is 0 Å². The van der Waals surface area contributed by atoms with E-state index in [-0.39, 0.29) is 11.9 Å². The van der Waals surface area contributed by atoms with E-state index in [0.717, 1.165) is 25.1 Å². The minimum atomic E-state index is 0.130. The van der Waals surface area contributed by atoms with Crippen LogP contribution in [0.25, 0.3) is 0 Å². The lowest BCUT2D eigenvalue weighted by atomic mass is 9.97. The zero-order chi connectivity index (χ0) is 13.0. The summed E-state index contributed by atoms with van der Waals surface area (Å²) >= 11 is 0. The van der Waals surface area contributed by atoms with E-state index in [9.17, 15) is 4.79 Å². The quantitative estimate of drug-likeness (QED) is 0.851. The molecule has 2 atom stereocenters. The molecule has 2 N–H and O–H groups in total. The van der Waals surface area contributed by atoms with Crippen molar-refractivity contribution < 1.29 is 4.79 Å². The molecule has 1 aliphatic rings. The largest absolute Gasteiger partial charge is 0.352 e. The van der Waals surface area contributed by atoms with E-state index in [2.05, 4.69) is 17.6 Å². The summed E-state index contributed by atoms with van der Waals surface area (Å²) in [6, 6.07) is 8.34. The van der Waals surface area contributed by atoms with Crippen LogP contribution >= 0.6 is 0 Å². The van der Waals surface area contributed by atoms with Gasteiger partial charge in [0.05, 0.1) is 6.42 Å². The van der Waals surface area contributed by atoms with Gasteiger partial charge in [-0.2, -0.15) is 0 Å². The number of amides is 1. The SMILES string of the molecule is Cc1ccccc1CC(=O)NC1CNCC(C)C1. The van der Waals surface area contributed by atoms with E-state index >= 15 is 0 Å². The maximum atomic E-state index is 12.0. The molecule has 98 valence electrons. The lowest BCUT2D eigenvalue weighted by Crippen LogP contribution is -2.48. The highest BCUT2D eigenvalue weighted by Gasteiger charge is 2.20. The summed E-state index contributed by atoms with van der Waals surface area (Å²) in [5.74, 6) is 0.771. The van der Waals surface area contributed by atoms with Crippen molar-refractivity contribution in [3.8, 4) is 0 Å². The van der Waals surface area contributed by atoms with Gasteiger partial charge in [0.1, 0.15) is 0 Å². The van der Waals surface area contributed by atoms with Crippen molar-refractivity contribution in [1.29, 1.82) is 0 Å². The van der Waals surface area contributed by atoms with E-state index in [0.29, 0.717) is 12.3 Å². The molecule has 1 amide bonds. The average molecular weight is 246 g/mol. The lowest BCUT2D eigenvalue weighted by Gasteiger charge is -2.28. The minimum Gasteiger partial charge on any atom is -0.352 e. The van der Waals surface area contributed by atoms with Crippen molar-refractivity contribution in [2.75, 3.05) is 13.1 Å². The first-order valence-corrected chi connectivity index (χ1v) is 6.69. The summed E-state index contributed by atoms with van der Waals surface area (Å²) in [7, 11) is 0. The molecule has 0 aliphatic carbocycles. The van der Waals surface area contributed by atoms with Crippen LogP contribution in [0, 0.1) is 12.8 Å². The Kier molecular flexibility index (Phi) is 4.37. The van der Waals surface area contributed by atoms with Gasteiger partial charge < -0.3 is 10.6 Å². The predicted octanol–water partition coefficient (Wildman–Crippen LogP) is 1.65. The molecule has 1 aliphatic heterocycles. The topological polar surface area (TPSA) is 41.1 Å². The Hall–Kier alpha value is -1.35. The van der Waals surface area contributed by atoms with Crippen LogP contribution in [-0.2, 0) is 11.2 Å². The van der Waals surface area contributed by atoms with Crippen molar-refractivity contribution in [2.24, 2.45) is 5.92 Å².